The Bertz CT molecular complexity index is 372. The molecule has 0 atom stereocenters. The third-order valence-corrected chi connectivity index (χ3v) is 3.27. The molecule has 0 unspecified atom stereocenters. The fourth-order valence-electron chi connectivity index (χ4n) is 0.897. The molecule has 1 rings (SSSR count). The second kappa shape index (κ2) is 4.13. The van der Waals surface area contributed by atoms with E-state index < -0.39 is 15.2 Å². The Morgan fingerprint density at radius 1 is 1.62 bits per heavy atom. The zero-order valence-electron chi connectivity index (χ0n) is 7.20. The number of aromatic nitrogens is 1. The van der Waals surface area contributed by atoms with Crippen LogP contribution in [0.3, 0.4) is 0 Å². The Morgan fingerprint density at radius 3 is 2.77 bits per heavy atom. The highest BCUT2D eigenvalue weighted by molar-refractivity contribution is 7.90. The highest BCUT2D eigenvalue weighted by atomic mass is 35.5. The minimum Gasteiger partial charge on any atom is -0.357 e. The first-order chi connectivity index (χ1) is 6.03. The van der Waals surface area contributed by atoms with Crippen LogP contribution < -0.4 is 4.72 Å². The number of nitrogens with one attached hydrogen (secondary N) is 1. The first-order valence-electron chi connectivity index (χ1n) is 3.67. The number of hydrogen-bond donors (Lipinski definition) is 1. The van der Waals surface area contributed by atoms with Gasteiger partial charge in [0, 0.05) is 26.0 Å². The van der Waals surface area contributed by atoms with E-state index >= 15 is 0 Å². The van der Waals surface area contributed by atoms with Crippen LogP contribution in [0.1, 0.15) is 5.56 Å². The summed E-state index contributed by atoms with van der Waals surface area (Å²) >= 11 is 5.21. The lowest BCUT2D eigenvalue weighted by Crippen LogP contribution is -2.23. The monoisotopic (exact) mass is 222 g/mol. The van der Waals surface area contributed by atoms with E-state index in [9.17, 15) is 8.42 Å². The van der Waals surface area contributed by atoms with E-state index in [1.165, 1.54) is 0 Å². The summed E-state index contributed by atoms with van der Waals surface area (Å²) in [6.45, 7) is 0.288. The molecule has 4 nitrogen and oxygen atoms in total. The van der Waals surface area contributed by atoms with Crippen LogP contribution in [0.25, 0.3) is 0 Å². The van der Waals surface area contributed by atoms with Crippen LogP contribution in [0.5, 0.6) is 0 Å². The molecule has 0 saturated carbocycles. The van der Waals surface area contributed by atoms with E-state index in [-0.39, 0.29) is 6.54 Å². The lowest BCUT2D eigenvalue weighted by Gasteiger charge is -2.00. The standard InChI is InChI=1S/C7H11ClN2O2S/c1-10-3-2-7(5-10)4-9-13(11,12)6-8/h2-3,5,9H,4,6H2,1H3. The van der Waals surface area contributed by atoms with Crippen molar-refractivity contribution in [2.45, 2.75) is 6.54 Å². The SMILES string of the molecule is Cn1ccc(CNS(=O)(=O)CCl)c1. The van der Waals surface area contributed by atoms with Gasteiger partial charge in [0.2, 0.25) is 10.0 Å². The second-order valence-corrected chi connectivity index (χ2v) is 5.12. The molecule has 1 aromatic heterocycles. The molecule has 0 spiro atoms. The summed E-state index contributed by atoms with van der Waals surface area (Å²) in [4.78, 5) is 0. The van der Waals surface area contributed by atoms with Gasteiger partial charge in [0.15, 0.2) is 0 Å². The van der Waals surface area contributed by atoms with Gasteiger partial charge in [-0.3, -0.25) is 0 Å². The van der Waals surface area contributed by atoms with E-state index in [1.54, 1.807) is 0 Å². The van der Waals surface area contributed by atoms with Crippen LogP contribution in [-0.4, -0.2) is 18.2 Å². The van der Waals surface area contributed by atoms with Crippen molar-refractivity contribution in [1.29, 1.82) is 0 Å². The Balaban J connectivity index is 2.53. The van der Waals surface area contributed by atoms with Crippen LogP contribution in [0.4, 0.5) is 0 Å². The molecule has 0 fully saturated rings. The number of aryl methyl sites for hydroxylation is 1. The predicted octanol–water partition coefficient (Wildman–Crippen LogP) is 0.641. The topological polar surface area (TPSA) is 51.1 Å². The Kier molecular flexibility index (Phi) is 3.35. The molecule has 0 aliphatic heterocycles. The zero-order valence-corrected chi connectivity index (χ0v) is 8.77. The summed E-state index contributed by atoms with van der Waals surface area (Å²) in [6, 6.07) is 1.84. The van der Waals surface area contributed by atoms with Gasteiger partial charge in [-0.15, -0.1) is 11.6 Å². The van der Waals surface area contributed by atoms with Gasteiger partial charge in [-0.1, -0.05) is 0 Å². The number of halogens is 1. The maximum atomic E-state index is 10.9. The number of sulfonamides is 1. The molecule has 74 valence electrons. The Hall–Kier alpha value is -0.520. The third kappa shape index (κ3) is 3.38. The normalized spacial score (nSPS) is 11.8. The molecule has 0 bridgehead atoms. The van der Waals surface area contributed by atoms with Crippen molar-refractivity contribution in [2.75, 3.05) is 5.21 Å². The maximum Gasteiger partial charge on any atom is 0.225 e. The number of nitrogens with zero attached hydrogens (tertiary/aromatic N) is 1. The lowest BCUT2D eigenvalue weighted by atomic mass is 10.4. The van der Waals surface area contributed by atoms with Crippen molar-refractivity contribution >= 4 is 21.6 Å². The quantitative estimate of drug-likeness (QED) is 0.761. The minimum atomic E-state index is -3.30. The van der Waals surface area contributed by atoms with Crippen molar-refractivity contribution in [3.63, 3.8) is 0 Å². The van der Waals surface area contributed by atoms with Crippen molar-refractivity contribution in [1.82, 2.24) is 9.29 Å². The molecular weight excluding hydrogens is 212 g/mol. The lowest BCUT2D eigenvalue weighted by molar-refractivity contribution is 0.586. The van der Waals surface area contributed by atoms with Crippen LogP contribution in [0.15, 0.2) is 18.5 Å². The summed E-state index contributed by atoms with van der Waals surface area (Å²) < 4.78 is 26.1. The molecule has 1 heterocycles. The van der Waals surface area contributed by atoms with Crippen molar-refractivity contribution in [3.05, 3.63) is 24.0 Å². The highest BCUT2D eigenvalue weighted by Crippen LogP contribution is 2.00. The second-order valence-electron chi connectivity index (χ2n) is 2.73. The summed E-state index contributed by atoms with van der Waals surface area (Å²) in [6.07, 6.45) is 3.70. The molecular formula is C7H11ClN2O2S. The van der Waals surface area contributed by atoms with E-state index in [0.717, 1.165) is 5.56 Å². The highest BCUT2D eigenvalue weighted by Gasteiger charge is 2.06. The van der Waals surface area contributed by atoms with Gasteiger partial charge in [0.25, 0.3) is 0 Å². The summed E-state index contributed by atoms with van der Waals surface area (Å²) in [5.74, 6) is 0. The van der Waals surface area contributed by atoms with E-state index in [2.05, 4.69) is 4.72 Å². The molecule has 0 aliphatic rings. The van der Waals surface area contributed by atoms with Gasteiger partial charge in [-0.25, -0.2) is 13.1 Å². The van der Waals surface area contributed by atoms with Crippen molar-refractivity contribution in [2.24, 2.45) is 7.05 Å². The largest absolute Gasteiger partial charge is 0.357 e. The smallest absolute Gasteiger partial charge is 0.225 e. The predicted molar refractivity (Wildman–Crippen MR) is 51.9 cm³/mol. The summed E-state index contributed by atoms with van der Waals surface area (Å²) in [5, 5.41) is -0.403. The van der Waals surface area contributed by atoms with Gasteiger partial charge in [-0.05, 0) is 11.6 Å². The first kappa shape index (κ1) is 10.6. The maximum absolute atomic E-state index is 10.9. The fraction of sp³-hybridized carbons (Fsp3) is 0.429. The van der Waals surface area contributed by atoms with Gasteiger partial charge in [0.05, 0.1) is 0 Å². The number of rotatable bonds is 4. The molecule has 13 heavy (non-hydrogen) atoms. The third-order valence-electron chi connectivity index (χ3n) is 1.53. The van der Waals surface area contributed by atoms with E-state index in [0.29, 0.717) is 0 Å². The molecule has 0 saturated heterocycles. The number of alkyl halides is 1. The van der Waals surface area contributed by atoms with Crippen LogP contribution in [0, 0.1) is 0 Å². The molecule has 6 heteroatoms. The summed E-state index contributed by atoms with van der Waals surface area (Å²) in [7, 11) is -1.43. The van der Waals surface area contributed by atoms with Gasteiger partial charge < -0.3 is 4.57 Å². The molecule has 0 amide bonds. The van der Waals surface area contributed by atoms with Crippen molar-refractivity contribution < 1.29 is 8.42 Å². The molecule has 1 aromatic rings. The Morgan fingerprint density at radius 2 is 2.31 bits per heavy atom. The Labute approximate surface area is 82.6 Å². The molecule has 0 radical (unpaired) electrons. The molecule has 0 aliphatic carbocycles. The zero-order chi connectivity index (χ0) is 9.90. The minimum absolute atomic E-state index is 0.288. The van der Waals surface area contributed by atoms with Crippen molar-refractivity contribution in [3.8, 4) is 0 Å². The van der Waals surface area contributed by atoms with Crippen LogP contribution >= 0.6 is 11.6 Å². The molecule has 1 N–H and O–H groups in total. The van der Waals surface area contributed by atoms with Gasteiger partial charge >= 0.3 is 0 Å². The molecule has 0 aromatic carbocycles. The fourth-order valence-corrected chi connectivity index (χ4v) is 1.59. The van der Waals surface area contributed by atoms with E-state index in [4.69, 9.17) is 11.6 Å². The van der Waals surface area contributed by atoms with Crippen LogP contribution in [0.2, 0.25) is 0 Å². The average molecular weight is 223 g/mol. The average Bonchev–Trinajstić information content (AvgIpc) is 2.48. The van der Waals surface area contributed by atoms with Gasteiger partial charge in [0.1, 0.15) is 5.21 Å². The summed E-state index contributed by atoms with van der Waals surface area (Å²) in [5.41, 5.74) is 0.913. The number of hydrogen-bond acceptors (Lipinski definition) is 2. The van der Waals surface area contributed by atoms with E-state index in [1.807, 2.05) is 30.1 Å². The van der Waals surface area contributed by atoms with Gasteiger partial charge in [-0.2, -0.15) is 0 Å². The first-order valence-corrected chi connectivity index (χ1v) is 5.86. The van der Waals surface area contributed by atoms with Crippen LogP contribution in [-0.2, 0) is 23.6 Å².